The third kappa shape index (κ3) is 5.62. The molecule has 0 saturated carbocycles. The van der Waals surface area contributed by atoms with Crippen molar-refractivity contribution in [2.75, 3.05) is 19.0 Å². The SMILES string of the molecule is COc1ccccc1NC(=O)[C@H](C)OC(=O)COc1c(C)cc(Cl)cc1C. The molecule has 0 aliphatic rings. The first kappa shape index (κ1) is 20.6. The van der Waals surface area contributed by atoms with E-state index in [1.807, 2.05) is 13.8 Å². The molecule has 7 heteroatoms. The number of carbonyl (C=O) groups is 2. The van der Waals surface area contributed by atoms with Crippen LogP contribution in [0, 0.1) is 13.8 Å². The highest BCUT2D eigenvalue weighted by Gasteiger charge is 2.20. The lowest BCUT2D eigenvalue weighted by Gasteiger charge is -2.16. The molecular formula is C20H22ClNO5. The van der Waals surface area contributed by atoms with Crippen LogP contribution in [-0.4, -0.2) is 31.7 Å². The number of hydrogen-bond donors (Lipinski definition) is 1. The number of benzene rings is 2. The van der Waals surface area contributed by atoms with E-state index in [4.69, 9.17) is 25.8 Å². The first-order valence-electron chi connectivity index (χ1n) is 8.34. The third-order valence-electron chi connectivity index (χ3n) is 3.80. The summed E-state index contributed by atoms with van der Waals surface area (Å²) in [5, 5.41) is 3.27. The molecule has 1 N–H and O–H groups in total. The zero-order chi connectivity index (χ0) is 20.0. The van der Waals surface area contributed by atoms with Gasteiger partial charge in [-0.25, -0.2) is 4.79 Å². The Bertz CT molecular complexity index is 814. The normalized spacial score (nSPS) is 11.4. The van der Waals surface area contributed by atoms with Gasteiger partial charge in [0, 0.05) is 5.02 Å². The molecule has 0 aliphatic heterocycles. The molecule has 0 heterocycles. The number of halogens is 1. The van der Waals surface area contributed by atoms with Gasteiger partial charge in [0.2, 0.25) is 0 Å². The molecule has 1 atom stereocenters. The fourth-order valence-electron chi connectivity index (χ4n) is 2.52. The van der Waals surface area contributed by atoms with E-state index in [1.165, 1.54) is 14.0 Å². The smallest absolute Gasteiger partial charge is 0.344 e. The van der Waals surface area contributed by atoms with E-state index in [1.54, 1.807) is 36.4 Å². The summed E-state index contributed by atoms with van der Waals surface area (Å²) in [6.45, 7) is 4.85. The predicted octanol–water partition coefficient (Wildman–Crippen LogP) is 3.91. The van der Waals surface area contributed by atoms with Crippen LogP contribution in [0.25, 0.3) is 0 Å². The second kappa shape index (κ2) is 9.28. The summed E-state index contributed by atoms with van der Waals surface area (Å²) < 4.78 is 15.8. The molecule has 0 saturated heterocycles. The van der Waals surface area contributed by atoms with Crippen LogP contribution in [0.5, 0.6) is 11.5 Å². The third-order valence-corrected chi connectivity index (χ3v) is 4.02. The van der Waals surface area contributed by atoms with Gasteiger partial charge in [0.25, 0.3) is 5.91 Å². The van der Waals surface area contributed by atoms with Crippen molar-refractivity contribution < 1.29 is 23.8 Å². The molecule has 0 bridgehead atoms. The molecule has 144 valence electrons. The quantitative estimate of drug-likeness (QED) is 0.724. The Labute approximate surface area is 163 Å². The minimum atomic E-state index is -0.988. The van der Waals surface area contributed by atoms with Crippen molar-refractivity contribution in [2.45, 2.75) is 26.9 Å². The van der Waals surface area contributed by atoms with Gasteiger partial charge >= 0.3 is 5.97 Å². The number of para-hydroxylation sites is 2. The Kier molecular flexibility index (Phi) is 7.07. The molecule has 2 aromatic rings. The lowest BCUT2D eigenvalue weighted by molar-refractivity contribution is -0.155. The van der Waals surface area contributed by atoms with Crippen LogP contribution in [0.3, 0.4) is 0 Å². The highest BCUT2D eigenvalue weighted by Crippen LogP contribution is 2.27. The average Bonchev–Trinajstić information content (AvgIpc) is 2.61. The summed E-state index contributed by atoms with van der Waals surface area (Å²) in [5.41, 5.74) is 2.13. The summed E-state index contributed by atoms with van der Waals surface area (Å²) in [4.78, 5) is 24.3. The Morgan fingerprint density at radius 3 is 2.41 bits per heavy atom. The van der Waals surface area contributed by atoms with Crippen LogP contribution in [0.2, 0.25) is 5.02 Å². The number of ether oxygens (including phenoxy) is 3. The van der Waals surface area contributed by atoms with Crippen molar-refractivity contribution in [3.8, 4) is 11.5 Å². The van der Waals surface area contributed by atoms with Crippen molar-refractivity contribution in [1.29, 1.82) is 0 Å². The fraction of sp³-hybridized carbons (Fsp3) is 0.300. The van der Waals surface area contributed by atoms with Crippen LogP contribution in [0.4, 0.5) is 5.69 Å². The molecule has 0 aliphatic carbocycles. The maximum absolute atomic E-state index is 12.2. The minimum absolute atomic E-state index is 0.310. The highest BCUT2D eigenvalue weighted by molar-refractivity contribution is 6.30. The fourth-order valence-corrected chi connectivity index (χ4v) is 2.85. The summed E-state index contributed by atoms with van der Waals surface area (Å²) in [5.74, 6) is -0.0259. The van der Waals surface area contributed by atoms with E-state index in [9.17, 15) is 9.59 Å². The summed E-state index contributed by atoms with van der Waals surface area (Å²) in [6.07, 6.45) is -0.988. The summed E-state index contributed by atoms with van der Waals surface area (Å²) in [7, 11) is 1.51. The van der Waals surface area contributed by atoms with Crippen LogP contribution >= 0.6 is 11.6 Å². The molecule has 2 rings (SSSR count). The average molecular weight is 392 g/mol. The molecule has 27 heavy (non-hydrogen) atoms. The second-order valence-electron chi connectivity index (χ2n) is 5.98. The van der Waals surface area contributed by atoms with E-state index < -0.39 is 18.0 Å². The summed E-state index contributed by atoms with van der Waals surface area (Å²) in [6, 6.07) is 10.5. The lowest BCUT2D eigenvalue weighted by atomic mass is 10.1. The number of carbonyl (C=O) groups excluding carboxylic acids is 2. The first-order chi connectivity index (χ1) is 12.8. The van der Waals surface area contributed by atoms with Crippen LogP contribution in [0.15, 0.2) is 36.4 Å². The number of anilines is 1. The molecule has 0 fully saturated rings. The van der Waals surface area contributed by atoms with Crippen LogP contribution < -0.4 is 14.8 Å². The summed E-state index contributed by atoms with van der Waals surface area (Å²) >= 11 is 5.98. The van der Waals surface area contributed by atoms with Crippen LogP contribution in [-0.2, 0) is 14.3 Å². The standard InChI is InChI=1S/C20H22ClNO5/c1-12-9-15(21)10-13(2)19(12)26-11-18(23)27-14(3)20(24)22-16-7-5-6-8-17(16)25-4/h5-10,14H,11H2,1-4H3,(H,22,24)/t14-/m0/s1. The monoisotopic (exact) mass is 391 g/mol. The van der Waals surface area contributed by atoms with Gasteiger partial charge in [0.1, 0.15) is 11.5 Å². The number of nitrogens with one attached hydrogen (secondary N) is 1. The van der Waals surface area contributed by atoms with Gasteiger partial charge in [-0.1, -0.05) is 23.7 Å². The lowest BCUT2D eigenvalue weighted by Crippen LogP contribution is -2.31. The molecule has 6 nitrogen and oxygen atoms in total. The molecular weight excluding hydrogens is 370 g/mol. The van der Waals surface area contributed by atoms with Gasteiger partial charge in [-0.2, -0.15) is 0 Å². The number of methoxy groups -OCH3 is 1. The number of hydrogen-bond acceptors (Lipinski definition) is 5. The minimum Gasteiger partial charge on any atom is -0.495 e. The van der Waals surface area contributed by atoms with Crippen molar-refractivity contribution in [2.24, 2.45) is 0 Å². The molecule has 2 aromatic carbocycles. The van der Waals surface area contributed by atoms with Crippen molar-refractivity contribution >= 4 is 29.2 Å². The number of aryl methyl sites for hydroxylation is 2. The molecule has 1 amide bonds. The molecule has 0 spiro atoms. The van der Waals surface area contributed by atoms with Gasteiger partial charge in [-0.05, 0) is 56.2 Å². The maximum Gasteiger partial charge on any atom is 0.344 e. The van der Waals surface area contributed by atoms with Gasteiger partial charge in [0.05, 0.1) is 12.8 Å². The number of rotatable bonds is 7. The van der Waals surface area contributed by atoms with Crippen molar-refractivity contribution in [3.05, 3.63) is 52.5 Å². The van der Waals surface area contributed by atoms with Crippen LogP contribution in [0.1, 0.15) is 18.1 Å². The topological polar surface area (TPSA) is 73.9 Å². The van der Waals surface area contributed by atoms with Gasteiger partial charge in [0.15, 0.2) is 12.7 Å². The van der Waals surface area contributed by atoms with Gasteiger partial charge < -0.3 is 19.5 Å². The Hall–Kier alpha value is -2.73. The van der Waals surface area contributed by atoms with E-state index in [0.29, 0.717) is 22.2 Å². The molecule has 0 unspecified atom stereocenters. The zero-order valence-corrected chi connectivity index (χ0v) is 16.4. The Morgan fingerprint density at radius 2 is 1.78 bits per heavy atom. The number of amides is 1. The molecule has 0 aromatic heterocycles. The first-order valence-corrected chi connectivity index (χ1v) is 8.72. The van der Waals surface area contributed by atoms with Gasteiger partial charge in [-0.15, -0.1) is 0 Å². The largest absolute Gasteiger partial charge is 0.495 e. The van der Waals surface area contributed by atoms with E-state index in [-0.39, 0.29) is 6.61 Å². The Balaban J connectivity index is 1.91. The zero-order valence-electron chi connectivity index (χ0n) is 15.7. The number of esters is 1. The predicted molar refractivity (Wildman–Crippen MR) is 104 cm³/mol. The maximum atomic E-state index is 12.2. The van der Waals surface area contributed by atoms with E-state index in [0.717, 1.165) is 11.1 Å². The van der Waals surface area contributed by atoms with E-state index >= 15 is 0 Å². The van der Waals surface area contributed by atoms with Gasteiger partial charge in [-0.3, -0.25) is 4.79 Å². The Morgan fingerprint density at radius 1 is 1.15 bits per heavy atom. The second-order valence-corrected chi connectivity index (χ2v) is 6.42. The van der Waals surface area contributed by atoms with Crippen molar-refractivity contribution in [3.63, 3.8) is 0 Å². The molecule has 0 radical (unpaired) electrons. The van der Waals surface area contributed by atoms with Crippen molar-refractivity contribution in [1.82, 2.24) is 0 Å². The van der Waals surface area contributed by atoms with E-state index in [2.05, 4.69) is 5.32 Å². The highest BCUT2D eigenvalue weighted by atomic mass is 35.5.